The van der Waals surface area contributed by atoms with Crippen molar-refractivity contribution in [1.29, 1.82) is 0 Å². The number of aromatic nitrogens is 3. The summed E-state index contributed by atoms with van der Waals surface area (Å²) in [5, 5.41) is 2.57. The van der Waals surface area contributed by atoms with Crippen LogP contribution in [0.5, 0.6) is 0 Å². The first-order valence-electron chi connectivity index (χ1n) is 6.32. The van der Waals surface area contributed by atoms with Gasteiger partial charge in [-0.05, 0) is 18.2 Å². The predicted molar refractivity (Wildman–Crippen MR) is 78.4 cm³/mol. The van der Waals surface area contributed by atoms with Crippen LogP contribution in [0.25, 0.3) is 0 Å². The highest BCUT2D eigenvalue weighted by molar-refractivity contribution is 7.89. The van der Waals surface area contributed by atoms with Gasteiger partial charge in [0, 0.05) is 26.2 Å². The van der Waals surface area contributed by atoms with Gasteiger partial charge in [0.2, 0.25) is 0 Å². The summed E-state index contributed by atoms with van der Waals surface area (Å²) in [6.07, 6.45) is 0.715. The molecule has 0 saturated carbocycles. The molecule has 1 N–H and O–H groups in total. The first kappa shape index (κ1) is 18.4. The third-order valence-electron chi connectivity index (χ3n) is 2.85. The van der Waals surface area contributed by atoms with E-state index in [2.05, 4.69) is 10.1 Å². The van der Waals surface area contributed by atoms with Gasteiger partial charge in [-0.3, -0.25) is 0 Å². The summed E-state index contributed by atoms with van der Waals surface area (Å²) in [6, 6.07) is 2.58. The molecule has 0 bridgehead atoms. The molecule has 0 spiro atoms. The first-order chi connectivity index (χ1) is 11.0. The first-order valence-corrected chi connectivity index (χ1v) is 9.20. The van der Waals surface area contributed by atoms with Gasteiger partial charge in [0.25, 0.3) is 15.2 Å². The number of sulfonamides is 1. The monoisotopic (exact) mass is 381 g/mol. The molecule has 2 aromatic rings. The van der Waals surface area contributed by atoms with Gasteiger partial charge in [-0.2, -0.15) is 12.7 Å². The lowest BCUT2D eigenvalue weighted by Gasteiger charge is -2.09. The van der Waals surface area contributed by atoms with Crippen LogP contribution in [-0.2, 0) is 26.8 Å². The van der Waals surface area contributed by atoms with Crippen molar-refractivity contribution >= 4 is 20.2 Å². The van der Waals surface area contributed by atoms with Crippen molar-refractivity contribution in [2.75, 3.05) is 14.1 Å². The summed E-state index contributed by atoms with van der Waals surface area (Å²) in [7, 11) is -5.87. The Hall–Kier alpha value is -1.96. The number of hydrogen-bond donors (Lipinski definition) is 1. The van der Waals surface area contributed by atoms with E-state index in [1.54, 1.807) is 0 Å². The van der Waals surface area contributed by atoms with Crippen LogP contribution in [0.1, 0.15) is 5.56 Å². The molecule has 0 radical (unpaired) electrons. The Balaban J connectivity index is 2.23. The SMILES string of the molecule is CN(C)S(=O)(=O)n1cnc(S(=O)(=O)NCc2cc(F)ccc2F)n1. The maximum Gasteiger partial charge on any atom is 0.323 e. The van der Waals surface area contributed by atoms with Crippen molar-refractivity contribution in [3.05, 3.63) is 41.7 Å². The minimum absolute atomic E-state index is 0.223. The fraction of sp³-hybridized carbons (Fsp3) is 0.273. The Morgan fingerprint density at radius 3 is 2.50 bits per heavy atom. The smallest absolute Gasteiger partial charge is 0.207 e. The number of benzene rings is 1. The molecule has 24 heavy (non-hydrogen) atoms. The zero-order valence-electron chi connectivity index (χ0n) is 12.5. The van der Waals surface area contributed by atoms with E-state index in [0.717, 1.165) is 22.5 Å². The number of rotatable bonds is 6. The summed E-state index contributed by atoms with van der Waals surface area (Å²) >= 11 is 0. The molecule has 9 nitrogen and oxygen atoms in total. The molecular formula is C11H13F2N5O4S2. The molecule has 0 fully saturated rings. The van der Waals surface area contributed by atoms with Crippen molar-refractivity contribution in [3.8, 4) is 0 Å². The highest BCUT2D eigenvalue weighted by Gasteiger charge is 2.24. The van der Waals surface area contributed by atoms with E-state index in [0.29, 0.717) is 10.4 Å². The lowest BCUT2D eigenvalue weighted by Crippen LogP contribution is -2.30. The third-order valence-corrected chi connectivity index (χ3v) is 5.61. The van der Waals surface area contributed by atoms with Crippen molar-refractivity contribution in [1.82, 2.24) is 23.2 Å². The van der Waals surface area contributed by atoms with Crippen LogP contribution < -0.4 is 4.72 Å². The fourth-order valence-corrected chi connectivity index (χ4v) is 3.14. The lowest BCUT2D eigenvalue weighted by molar-refractivity contribution is 0.502. The maximum atomic E-state index is 13.5. The Morgan fingerprint density at radius 1 is 1.21 bits per heavy atom. The molecular weight excluding hydrogens is 368 g/mol. The molecule has 0 amide bonds. The van der Waals surface area contributed by atoms with Crippen LogP contribution in [0.15, 0.2) is 29.7 Å². The molecule has 132 valence electrons. The molecule has 0 aliphatic rings. The van der Waals surface area contributed by atoms with Crippen LogP contribution in [0, 0.1) is 11.6 Å². The molecule has 0 atom stereocenters. The summed E-state index contributed by atoms with van der Waals surface area (Å²) < 4.78 is 77.4. The second-order valence-corrected chi connectivity index (χ2v) is 8.41. The Bertz CT molecular complexity index is 957. The van der Waals surface area contributed by atoms with E-state index in [1.165, 1.54) is 14.1 Å². The van der Waals surface area contributed by atoms with Crippen LogP contribution in [0.3, 0.4) is 0 Å². The normalized spacial score (nSPS) is 12.7. The van der Waals surface area contributed by atoms with E-state index in [9.17, 15) is 25.6 Å². The molecule has 2 rings (SSSR count). The van der Waals surface area contributed by atoms with Crippen molar-refractivity contribution < 1.29 is 25.6 Å². The highest BCUT2D eigenvalue weighted by atomic mass is 32.2. The van der Waals surface area contributed by atoms with Crippen molar-refractivity contribution in [2.45, 2.75) is 11.7 Å². The predicted octanol–water partition coefficient (Wildman–Crippen LogP) is -0.311. The van der Waals surface area contributed by atoms with Gasteiger partial charge < -0.3 is 0 Å². The molecule has 1 heterocycles. The average molecular weight is 381 g/mol. The zero-order valence-corrected chi connectivity index (χ0v) is 14.1. The van der Waals surface area contributed by atoms with Crippen LogP contribution in [-0.4, -0.2) is 49.4 Å². The number of nitrogens with one attached hydrogen (secondary N) is 1. The molecule has 0 aliphatic carbocycles. The second kappa shape index (κ2) is 6.51. The van der Waals surface area contributed by atoms with E-state index in [-0.39, 0.29) is 5.56 Å². The van der Waals surface area contributed by atoms with Gasteiger partial charge in [0.05, 0.1) is 0 Å². The maximum absolute atomic E-state index is 13.5. The van der Waals surface area contributed by atoms with Crippen molar-refractivity contribution in [2.24, 2.45) is 0 Å². The minimum Gasteiger partial charge on any atom is -0.207 e. The van der Waals surface area contributed by atoms with Gasteiger partial charge >= 0.3 is 10.2 Å². The molecule has 1 aromatic heterocycles. The van der Waals surface area contributed by atoms with Gasteiger partial charge in [-0.25, -0.2) is 26.9 Å². The third kappa shape index (κ3) is 3.75. The second-order valence-electron chi connectivity index (χ2n) is 4.75. The van der Waals surface area contributed by atoms with Gasteiger partial charge in [0.1, 0.15) is 18.0 Å². The molecule has 13 heteroatoms. The van der Waals surface area contributed by atoms with Gasteiger partial charge in [-0.15, -0.1) is 9.19 Å². The highest BCUT2D eigenvalue weighted by Crippen LogP contribution is 2.11. The number of halogens is 2. The molecule has 0 aliphatic heterocycles. The Morgan fingerprint density at radius 2 is 1.88 bits per heavy atom. The quantitative estimate of drug-likeness (QED) is 0.734. The molecule has 0 unspecified atom stereocenters. The summed E-state index contributed by atoms with van der Waals surface area (Å²) in [6.45, 7) is -0.555. The molecule has 0 saturated heterocycles. The molecule has 1 aromatic carbocycles. The van der Waals surface area contributed by atoms with E-state index < -0.39 is 43.6 Å². The summed E-state index contributed by atoms with van der Waals surface area (Å²) in [5.41, 5.74) is -0.223. The Kier molecular flexibility index (Phi) is 4.98. The Labute approximate surface area is 137 Å². The van der Waals surface area contributed by atoms with E-state index in [4.69, 9.17) is 0 Å². The van der Waals surface area contributed by atoms with Crippen LogP contribution >= 0.6 is 0 Å². The number of nitrogens with zero attached hydrogens (tertiary/aromatic N) is 4. The number of hydrogen-bond acceptors (Lipinski definition) is 6. The zero-order chi connectivity index (χ0) is 18.1. The minimum atomic E-state index is -4.32. The topological polar surface area (TPSA) is 114 Å². The van der Waals surface area contributed by atoms with Crippen LogP contribution in [0.2, 0.25) is 0 Å². The largest absolute Gasteiger partial charge is 0.323 e. The summed E-state index contributed by atoms with van der Waals surface area (Å²) in [4.78, 5) is 3.42. The van der Waals surface area contributed by atoms with E-state index in [1.807, 2.05) is 4.72 Å². The lowest BCUT2D eigenvalue weighted by atomic mass is 10.2. The van der Waals surface area contributed by atoms with E-state index >= 15 is 0 Å². The standard InChI is InChI=1S/C11H13F2N5O4S2/c1-17(2)24(21,22)18-7-14-11(16-18)23(19,20)15-6-8-5-9(12)3-4-10(8)13/h3-5,7,15H,6H2,1-2H3. The summed E-state index contributed by atoms with van der Waals surface area (Å²) in [5.74, 6) is -1.53. The van der Waals surface area contributed by atoms with Crippen LogP contribution in [0.4, 0.5) is 8.78 Å². The average Bonchev–Trinajstić information content (AvgIpc) is 2.99. The van der Waals surface area contributed by atoms with Gasteiger partial charge in [0.15, 0.2) is 0 Å². The van der Waals surface area contributed by atoms with Crippen molar-refractivity contribution in [3.63, 3.8) is 0 Å². The van der Waals surface area contributed by atoms with Gasteiger partial charge in [-0.1, -0.05) is 0 Å². The fourth-order valence-electron chi connectivity index (χ4n) is 1.55.